The van der Waals surface area contributed by atoms with Crippen LogP contribution >= 0.6 is 0 Å². The zero-order valence-corrected chi connectivity index (χ0v) is 12.1. The summed E-state index contributed by atoms with van der Waals surface area (Å²) in [5.41, 5.74) is 12.9. The molecule has 0 heterocycles. The van der Waals surface area contributed by atoms with Gasteiger partial charge >= 0.3 is 0 Å². The number of aryl methyl sites for hydroxylation is 3. The summed E-state index contributed by atoms with van der Waals surface area (Å²) in [7, 11) is 0. The maximum atomic E-state index is 6.02. The monoisotopic (exact) mass is 253 g/mol. The Hall–Kier alpha value is -1.60. The van der Waals surface area contributed by atoms with E-state index in [1.807, 2.05) is 0 Å². The van der Waals surface area contributed by atoms with Gasteiger partial charge in [0.15, 0.2) is 0 Å². The molecule has 2 N–H and O–H groups in total. The number of hydrogen-bond donors (Lipinski definition) is 1. The van der Waals surface area contributed by atoms with Crippen LogP contribution in [0, 0.1) is 20.8 Å². The van der Waals surface area contributed by atoms with Gasteiger partial charge in [-0.3, -0.25) is 0 Å². The normalized spacial score (nSPS) is 12.4. The second-order valence-corrected chi connectivity index (χ2v) is 5.36. The first kappa shape index (κ1) is 13.8. The second-order valence-electron chi connectivity index (χ2n) is 5.36. The van der Waals surface area contributed by atoms with E-state index >= 15 is 0 Å². The third-order valence-corrected chi connectivity index (χ3v) is 4.01. The smallest absolute Gasteiger partial charge is 0.000439 e. The van der Waals surface area contributed by atoms with Gasteiger partial charge in [0.25, 0.3) is 0 Å². The van der Waals surface area contributed by atoms with E-state index in [9.17, 15) is 0 Å². The molecule has 1 heteroatoms. The van der Waals surface area contributed by atoms with Gasteiger partial charge in [0.2, 0.25) is 0 Å². The summed E-state index contributed by atoms with van der Waals surface area (Å²) in [6.07, 6.45) is 1.03. The van der Waals surface area contributed by atoms with E-state index in [2.05, 4.69) is 63.2 Å². The van der Waals surface area contributed by atoms with Crippen molar-refractivity contribution in [3.8, 4) is 0 Å². The van der Waals surface area contributed by atoms with Crippen molar-refractivity contribution in [2.75, 3.05) is 6.54 Å². The largest absolute Gasteiger partial charge is 0.330 e. The molecule has 0 aromatic heterocycles. The van der Waals surface area contributed by atoms with Gasteiger partial charge in [0.1, 0.15) is 0 Å². The molecule has 2 rings (SSSR count). The molecule has 19 heavy (non-hydrogen) atoms. The molecule has 1 atom stereocenters. The van der Waals surface area contributed by atoms with Crippen LogP contribution < -0.4 is 5.73 Å². The average Bonchev–Trinajstić information content (AvgIpc) is 2.40. The first-order chi connectivity index (χ1) is 9.13. The lowest BCUT2D eigenvalue weighted by molar-refractivity contribution is 0.685. The van der Waals surface area contributed by atoms with E-state index in [0.29, 0.717) is 12.5 Å². The lowest BCUT2D eigenvalue weighted by Gasteiger charge is -2.20. The number of benzene rings is 2. The first-order valence-electron chi connectivity index (χ1n) is 6.94. The summed E-state index contributed by atoms with van der Waals surface area (Å²) in [4.78, 5) is 0. The Morgan fingerprint density at radius 1 is 0.842 bits per heavy atom. The molecule has 0 fully saturated rings. The predicted molar refractivity (Wildman–Crippen MR) is 82.6 cm³/mol. The summed E-state index contributed by atoms with van der Waals surface area (Å²) in [6.45, 7) is 7.24. The molecular formula is C18H23N. The summed E-state index contributed by atoms with van der Waals surface area (Å²) >= 11 is 0. The highest BCUT2D eigenvalue weighted by molar-refractivity contribution is 5.37. The summed E-state index contributed by atoms with van der Waals surface area (Å²) < 4.78 is 0. The van der Waals surface area contributed by atoms with Crippen molar-refractivity contribution in [1.82, 2.24) is 0 Å². The van der Waals surface area contributed by atoms with Crippen molar-refractivity contribution in [2.45, 2.75) is 33.1 Å². The van der Waals surface area contributed by atoms with Crippen molar-refractivity contribution in [3.05, 3.63) is 70.3 Å². The second kappa shape index (κ2) is 6.03. The minimum Gasteiger partial charge on any atom is -0.330 e. The molecule has 0 bridgehead atoms. The Bertz CT molecular complexity index is 537. The molecule has 0 aliphatic carbocycles. The highest BCUT2D eigenvalue weighted by Crippen LogP contribution is 2.26. The first-order valence-corrected chi connectivity index (χ1v) is 6.94. The van der Waals surface area contributed by atoms with Crippen molar-refractivity contribution < 1.29 is 0 Å². The molecule has 2 aromatic rings. The Balaban J connectivity index is 2.32. The lowest BCUT2D eigenvalue weighted by Crippen LogP contribution is -2.17. The van der Waals surface area contributed by atoms with E-state index in [1.54, 1.807) is 0 Å². The standard InChI is InChI=1S/C18H23N/c1-13-7-4-5-10-17(13)16(12-19)11-18-14(2)8-6-9-15(18)3/h4-10,16H,11-12,19H2,1-3H3. The van der Waals surface area contributed by atoms with Crippen molar-refractivity contribution in [1.29, 1.82) is 0 Å². The average molecular weight is 253 g/mol. The van der Waals surface area contributed by atoms with Gasteiger partial charge in [0.05, 0.1) is 0 Å². The van der Waals surface area contributed by atoms with Gasteiger partial charge in [-0.2, -0.15) is 0 Å². The molecule has 0 aliphatic rings. The number of hydrogen-bond acceptors (Lipinski definition) is 1. The van der Waals surface area contributed by atoms with Crippen LogP contribution in [0.25, 0.3) is 0 Å². The Labute approximate surface area is 116 Å². The summed E-state index contributed by atoms with van der Waals surface area (Å²) in [5.74, 6) is 0.404. The maximum absolute atomic E-state index is 6.02. The molecule has 100 valence electrons. The number of rotatable bonds is 4. The molecule has 0 saturated carbocycles. The molecule has 2 aromatic carbocycles. The quantitative estimate of drug-likeness (QED) is 0.878. The van der Waals surface area contributed by atoms with Crippen LogP contribution in [0.15, 0.2) is 42.5 Å². The lowest BCUT2D eigenvalue weighted by atomic mass is 9.86. The van der Waals surface area contributed by atoms with Crippen LogP contribution in [-0.4, -0.2) is 6.54 Å². The highest BCUT2D eigenvalue weighted by Gasteiger charge is 2.14. The van der Waals surface area contributed by atoms with E-state index in [4.69, 9.17) is 5.73 Å². The molecule has 0 amide bonds. The van der Waals surface area contributed by atoms with Crippen molar-refractivity contribution >= 4 is 0 Å². The highest BCUT2D eigenvalue weighted by atomic mass is 14.5. The fourth-order valence-electron chi connectivity index (χ4n) is 2.78. The van der Waals surface area contributed by atoms with Crippen LogP contribution in [-0.2, 0) is 6.42 Å². The molecule has 1 unspecified atom stereocenters. The fourth-order valence-corrected chi connectivity index (χ4v) is 2.78. The predicted octanol–water partition coefficient (Wildman–Crippen LogP) is 3.90. The molecule has 0 saturated heterocycles. The van der Waals surface area contributed by atoms with Crippen LogP contribution in [0.4, 0.5) is 0 Å². The van der Waals surface area contributed by atoms with Crippen LogP contribution in [0.1, 0.15) is 33.7 Å². The maximum Gasteiger partial charge on any atom is 0.000439 e. The fraction of sp³-hybridized carbons (Fsp3) is 0.333. The minimum absolute atomic E-state index is 0.404. The van der Waals surface area contributed by atoms with Gasteiger partial charge in [-0.05, 0) is 61.6 Å². The zero-order valence-electron chi connectivity index (χ0n) is 12.1. The van der Waals surface area contributed by atoms with E-state index < -0.39 is 0 Å². The summed E-state index contributed by atoms with van der Waals surface area (Å²) in [6, 6.07) is 15.1. The Morgan fingerprint density at radius 3 is 2.00 bits per heavy atom. The van der Waals surface area contributed by atoms with Crippen molar-refractivity contribution in [2.24, 2.45) is 5.73 Å². The van der Waals surface area contributed by atoms with Crippen LogP contribution in [0.3, 0.4) is 0 Å². The molecule has 0 aliphatic heterocycles. The van der Waals surface area contributed by atoms with E-state index in [-0.39, 0.29) is 0 Å². The van der Waals surface area contributed by atoms with Gasteiger partial charge in [0, 0.05) is 5.92 Å². The topological polar surface area (TPSA) is 26.0 Å². The molecule has 1 nitrogen and oxygen atoms in total. The molecular weight excluding hydrogens is 230 g/mol. The SMILES string of the molecule is Cc1ccccc1C(CN)Cc1c(C)cccc1C. The van der Waals surface area contributed by atoms with Gasteiger partial charge in [-0.25, -0.2) is 0 Å². The van der Waals surface area contributed by atoms with Gasteiger partial charge in [-0.15, -0.1) is 0 Å². The van der Waals surface area contributed by atoms with Crippen molar-refractivity contribution in [3.63, 3.8) is 0 Å². The zero-order chi connectivity index (χ0) is 13.8. The van der Waals surface area contributed by atoms with Crippen LogP contribution in [0.5, 0.6) is 0 Å². The van der Waals surface area contributed by atoms with Crippen LogP contribution in [0.2, 0.25) is 0 Å². The van der Waals surface area contributed by atoms with Gasteiger partial charge < -0.3 is 5.73 Å². The van der Waals surface area contributed by atoms with Gasteiger partial charge in [-0.1, -0.05) is 42.5 Å². The molecule has 0 radical (unpaired) electrons. The Morgan fingerprint density at radius 2 is 1.42 bits per heavy atom. The summed E-state index contributed by atoms with van der Waals surface area (Å²) in [5, 5.41) is 0. The molecule has 0 spiro atoms. The Kier molecular flexibility index (Phi) is 4.39. The third kappa shape index (κ3) is 3.05. The van der Waals surface area contributed by atoms with E-state index in [0.717, 1.165) is 6.42 Å². The number of nitrogens with two attached hydrogens (primary N) is 1. The van der Waals surface area contributed by atoms with E-state index in [1.165, 1.54) is 27.8 Å². The third-order valence-electron chi connectivity index (χ3n) is 4.01. The minimum atomic E-state index is 0.404.